The van der Waals surface area contributed by atoms with E-state index in [0.29, 0.717) is 12.0 Å². The van der Waals surface area contributed by atoms with Gasteiger partial charge in [0.15, 0.2) is 0 Å². The molecule has 2 aromatic carbocycles. The third-order valence-electron chi connectivity index (χ3n) is 5.49. The van der Waals surface area contributed by atoms with Crippen LogP contribution in [0, 0.1) is 0 Å². The van der Waals surface area contributed by atoms with Crippen molar-refractivity contribution >= 4 is 38.9 Å². The lowest BCUT2D eigenvalue weighted by Gasteiger charge is -2.25. The molecule has 0 aliphatic rings. The van der Waals surface area contributed by atoms with Gasteiger partial charge in [0, 0.05) is 24.7 Å². The van der Waals surface area contributed by atoms with E-state index in [1.807, 2.05) is 10.8 Å². The molecule has 1 aromatic heterocycles. The second kappa shape index (κ2) is 12.3. The smallest absolute Gasteiger partial charge is 0.338 e. The van der Waals surface area contributed by atoms with E-state index in [2.05, 4.69) is 11.3 Å². The van der Waals surface area contributed by atoms with Crippen LogP contribution in [0.1, 0.15) is 29.2 Å². The largest absolute Gasteiger partial charge is 0.416 e. The Balaban J connectivity index is 1.80. The molecule has 0 radical (unpaired) electrons. The first-order chi connectivity index (χ1) is 17.3. The number of alkyl halides is 3. The lowest BCUT2D eigenvalue weighted by molar-refractivity contribution is -0.139. The molecule has 1 heterocycles. The highest BCUT2D eigenvalue weighted by atomic mass is 35.5. The molecule has 3 rings (SSSR count). The van der Waals surface area contributed by atoms with Crippen LogP contribution >= 0.6 is 22.9 Å². The second-order valence-corrected chi connectivity index (χ2v) is 11.6. The number of benzene rings is 2. The van der Waals surface area contributed by atoms with Crippen molar-refractivity contribution in [3.63, 3.8) is 0 Å². The van der Waals surface area contributed by atoms with E-state index in [9.17, 15) is 26.4 Å². The average Bonchev–Trinajstić information content (AvgIpc) is 3.33. The fraction of sp³-hybridized carbons (Fsp3) is 0.269. The zero-order valence-electron chi connectivity index (χ0n) is 20.0. The summed E-state index contributed by atoms with van der Waals surface area (Å²) in [6, 6.07) is 11.3. The van der Waals surface area contributed by atoms with Crippen molar-refractivity contribution in [1.82, 2.24) is 9.62 Å². The van der Waals surface area contributed by atoms with Gasteiger partial charge >= 0.3 is 6.18 Å². The van der Waals surface area contributed by atoms with Crippen LogP contribution in [0.5, 0.6) is 0 Å². The van der Waals surface area contributed by atoms with E-state index >= 15 is 0 Å². The summed E-state index contributed by atoms with van der Waals surface area (Å²) < 4.78 is 68.1. The highest BCUT2D eigenvalue weighted by molar-refractivity contribution is 7.89. The lowest BCUT2D eigenvalue weighted by atomic mass is 10.1. The Hall–Kier alpha value is -2.66. The molecular formula is C26H26ClF3N2O3S2. The minimum absolute atomic E-state index is 0.0526. The van der Waals surface area contributed by atoms with Gasteiger partial charge in [-0.25, -0.2) is 13.1 Å². The molecule has 198 valence electrons. The summed E-state index contributed by atoms with van der Waals surface area (Å²) in [6.45, 7) is 5.36. The maximum absolute atomic E-state index is 13.6. The third-order valence-corrected chi connectivity index (χ3v) is 7.87. The Labute approximate surface area is 223 Å². The van der Waals surface area contributed by atoms with E-state index in [4.69, 9.17) is 11.6 Å². The van der Waals surface area contributed by atoms with Gasteiger partial charge in [0.2, 0.25) is 15.9 Å². The van der Waals surface area contributed by atoms with E-state index in [1.54, 1.807) is 25.1 Å². The first-order valence-corrected chi connectivity index (χ1v) is 14.0. The first-order valence-electron chi connectivity index (χ1n) is 11.2. The Morgan fingerprint density at radius 1 is 1.11 bits per heavy atom. The number of amides is 1. The highest BCUT2D eigenvalue weighted by Gasteiger charge is 2.34. The van der Waals surface area contributed by atoms with Crippen LogP contribution in [-0.4, -0.2) is 32.3 Å². The number of hydrogen-bond acceptors (Lipinski definition) is 4. The van der Waals surface area contributed by atoms with Crippen LogP contribution < -0.4 is 4.72 Å². The minimum atomic E-state index is -4.60. The van der Waals surface area contributed by atoms with Crippen molar-refractivity contribution in [3.8, 4) is 0 Å². The van der Waals surface area contributed by atoms with Crippen molar-refractivity contribution in [2.24, 2.45) is 0 Å². The molecule has 37 heavy (non-hydrogen) atoms. The number of nitrogens with one attached hydrogen (secondary N) is 1. The molecule has 11 heteroatoms. The fourth-order valence-corrected chi connectivity index (χ4v) is 5.51. The molecular weight excluding hydrogens is 545 g/mol. The molecule has 0 saturated carbocycles. The molecule has 0 atom stereocenters. The van der Waals surface area contributed by atoms with Crippen LogP contribution in [0.2, 0.25) is 5.02 Å². The van der Waals surface area contributed by atoms with Crippen LogP contribution in [0.3, 0.4) is 0 Å². The van der Waals surface area contributed by atoms with Crippen LogP contribution in [-0.2, 0) is 40.4 Å². The molecule has 3 aromatic rings. The van der Waals surface area contributed by atoms with Crippen molar-refractivity contribution in [2.45, 2.75) is 37.4 Å². The average molecular weight is 571 g/mol. The molecule has 1 amide bonds. The zero-order chi connectivity index (χ0) is 27.2. The minimum Gasteiger partial charge on any atom is -0.338 e. The molecule has 0 fully saturated rings. The van der Waals surface area contributed by atoms with E-state index in [-0.39, 0.29) is 47.4 Å². The van der Waals surface area contributed by atoms with Gasteiger partial charge in [0.05, 0.1) is 16.9 Å². The maximum Gasteiger partial charge on any atom is 0.416 e. The number of rotatable bonds is 11. The fourth-order valence-electron chi connectivity index (χ4n) is 3.55. The van der Waals surface area contributed by atoms with E-state index in [1.165, 1.54) is 40.5 Å². The van der Waals surface area contributed by atoms with Gasteiger partial charge in [-0.15, -0.1) is 0 Å². The Morgan fingerprint density at radius 3 is 2.41 bits per heavy atom. The standard InChI is InChI=1S/C26H26ClF3N2O3S2/c1-18(2)15-31-37(34,35)23-6-3-19(4-7-23)9-11-32(25(33)13-20-10-12-36-17-20)16-21-14-22(27)5-8-24(21)26(28,29)30/h3-8,10,12,14,17,31H,1,9,11,13,15-16H2,2H3. The Bertz CT molecular complexity index is 1340. The van der Waals surface area contributed by atoms with Crippen molar-refractivity contribution in [2.75, 3.05) is 13.1 Å². The summed E-state index contributed by atoms with van der Waals surface area (Å²) in [7, 11) is -3.70. The van der Waals surface area contributed by atoms with Gasteiger partial charge in [0.25, 0.3) is 0 Å². The van der Waals surface area contributed by atoms with Crippen LogP contribution in [0.25, 0.3) is 0 Å². The summed E-state index contributed by atoms with van der Waals surface area (Å²) in [6.07, 6.45) is -4.23. The number of halogens is 4. The first kappa shape index (κ1) is 28.9. The summed E-state index contributed by atoms with van der Waals surface area (Å²) in [5.74, 6) is -0.324. The van der Waals surface area contributed by atoms with E-state index in [0.717, 1.165) is 17.2 Å². The molecule has 0 unspecified atom stereocenters. The Morgan fingerprint density at radius 2 is 1.81 bits per heavy atom. The molecule has 0 spiro atoms. The number of nitrogens with zero attached hydrogens (tertiary/aromatic N) is 1. The van der Waals surface area contributed by atoms with Gasteiger partial charge in [0.1, 0.15) is 0 Å². The topological polar surface area (TPSA) is 66.5 Å². The second-order valence-electron chi connectivity index (χ2n) is 8.60. The third kappa shape index (κ3) is 8.43. The zero-order valence-corrected chi connectivity index (χ0v) is 22.4. The SMILES string of the molecule is C=C(C)CNS(=O)(=O)c1ccc(CCN(Cc2cc(Cl)ccc2C(F)(F)F)C(=O)Cc2ccsc2)cc1. The van der Waals surface area contributed by atoms with Gasteiger partial charge < -0.3 is 4.90 Å². The molecule has 0 bridgehead atoms. The van der Waals surface area contributed by atoms with Crippen molar-refractivity contribution < 1.29 is 26.4 Å². The van der Waals surface area contributed by atoms with Crippen LogP contribution in [0.4, 0.5) is 13.2 Å². The quantitative estimate of drug-likeness (QED) is 0.284. The van der Waals surface area contributed by atoms with Crippen LogP contribution in [0.15, 0.2) is 76.3 Å². The number of carbonyl (C=O) groups excluding carboxylic acids is 1. The monoisotopic (exact) mass is 570 g/mol. The normalized spacial score (nSPS) is 11.9. The molecule has 1 N–H and O–H groups in total. The summed E-state index contributed by atoms with van der Waals surface area (Å²) >= 11 is 7.41. The van der Waals surface area contributed by atoms with Gasteiger partial charge in [-0.1, -0.05) is 35.9 Å². The van der Waals surface area contributed by atoms with Gasteiger partial charge in [-0.05, 0) is 77.2 Å². The highest BCUT2D eigenvalue weighted by Crippen LogP contribution is 2.34. The Kier molecular flexibility index (Phi) is 9.57. The van der Waals surface area contributed by atoms with Gasteiger partial charge in [-0.3, -0.25) is 4.79 Å². The summed E-state index contributed by atoms with van der Waals surface area (Å²) in [5.41, 5.74) is 1.24. The van der Waals surface area contributed by atoms with Gasteiger partial charge in [-0.2, -0.15) is 24.5 Å². The predicted molar refractivity (Wildman–Crippen MR) is 140 cm³/mol. The molecule has 0 saturated heterocycles. The number of thiophene rings is 1. The van der Waals surface area contributed by atoms with E-state index < -0.39 is 21.8 Å². The molecule has 5 nitrogen and oxygen atoms in total. The number of hydrogen-bond donors (Lipinski definition) is 1. The van der Waals surface area contributed by atoms with Crippen molar-refractivity contribution in [1.29, 1.82) is 0 Å². The molecule has 0 aliphatic carbocycles. The predicted octanol–water partition coefficient (Wildman–Crippen LogP) is 6.09. The lowest BCUT2D eigenvalue weighted by Crippen LogP contribution is -2.34. The maximum atomic E-state index is 13.6. The molecule has 0 aliphatic heterocycles. The number of carbonyl (C=O) groups is 1. The van der Waals surface area contributed by atoms with Crippen molar-refractivity contribution in [3.05, 3.63) is 98.7 Å². The summed E-state index contributed by atoms with van der Waals surface area (Å²) in [5, 5.41) is 3.79. The number of sulfonamides is 1. The summed E-state index contributed by atoms with van der Waals surface area (Å²) in [4.78, 5) is 14.6.